The summed E-state index contributed by atoms with van der Waals surface area (Å²) >= 11 is 0. The summed E-state index contributed by atoms with van der Waals surface area (Å²) in [5.74, 6) is 0.755. The van der Waals surface area contributed by atoms with Gasteiger partial charge >= 0.3 is 0 Å². The number of benzene rings is 2. The van der Waals surface area contributed by atoms with Crippen LogP contribution < -0.4 is 4.74 Å². The van der Waals surface area contributed by atoms with E-state index >= 15 is 0 Å². The number of amides is 1. The largest absolute Gasteiger partial charge is 0.494 e. The molecule has 0 N–H and O–H groups in total. The van der Waals surface area contributed by atoms with Crippen LogP contribution in [0.2, 0.25) is 0 Å². The van der Waals surface area contributed by atoms with Crippen LogP contribution in [0, 0.1) is 6.92 Å². The number of aryl methyl sites for hydroxylation is 1. The van der Waals surface area contributed by atoms with Crippen LogP contribution in [0.3, 0.4) is 0 Å². The maximum Gasteiger partial charge on any atom is 0.240 e. The summed E-state index contributed by atoms with van der Waals surface area (Å²) in [6.07, 6.45) is 0.687. The van der Waals surface area contributed by atoms with E-state index in [1.54, 1.807) is 11.9 Å². The van der Waals surface area contributed by atoms with Crippen LogP contribution in [0.15, 0.2) is 53.6 Å². The smallest absolute Gasteiger partial charge is 0.240 e. The van der Waals surface area contributed by atoms with Gasteiger partial charge in [-0.1, -0.05) is 48.0 Å². The number of rotatable bonds is 4. The Kier molecular flexibility index (Phi) is 4.65. The van der Waals surface area contributed by atoms with Gasteiger partial charge in [-0.2, -0.15) is 5.10 Å². The second-order valence-electron chi connectivity index (χ2n) is 5.97. The summed E-state index contributed by atoms with van der Waals surface area (Å²) < 4.78 is 5.75. The van der Waals surface area contributed by atoms with E-state index in [0.717, 1.165) is 22.6 Å². The second kappa shape index (κ2) is 6.87. The number of carbonyl (C=O) groups excluding carboxylic acids is 1. The maximum absolute atomic E-state index is 12.1. The summed E-state index contributed by atoms with van der Waals surface area (Å²) in [7, 11) is 0. The predicted octanol–water partition coefficient (Wildman–Crippen LogP) is 4.09. The number of hydrogen-bond acceptors (Lipinski definition) is 3. The normalized spacial score (nSPS) is 16.9. The molecule has 24 heavy (non-hydrogen) atoms. The fraction of sp³-hybridized carbons (Fsp3) is 0.300. The van der Waals surface area contributed by atoms with Crippen molar-refractivity contribution in [3.05, 3.63) is 65.2 Å². The third-order valence-electron chi connectivity index (χ3n) is 4.20. The van der Waals surface area contributed by atoms with E-state index in [1.807, 2.05) is 31.2 Å². The van der Waals surface area contributed by atoms with Crippen molar-refractivity contribution < 1.29 is 9.53 Å². The topological polar surface area (TPSA) is 41.9 Å². The molecule has 1 aliphatic heterocycles. The Morgan fingerprint density at radius 3 is 2.58 bits per heavy atom. The van der Waals surface area contributed by atoms with E-state index in [-0.39, 0.29) is 11.9 Å². The Morgan fingerprint density at radius 2 is 1.92 bits per heavy atom. The van der Waals surface area contributed by atoms with Crippen LogP contribution in [0.1, 0.15) is 43.0 Å². The number of hydrogen-bond donors (Lipinski definition) is 0. The monoisotopic (exact) mass is 322 g/mol. The molecule has 0 saturated carbocycles. The van der Waals surface area contributed by atoms with Crippen LogP contribution in [0.4, 0.5) is 0 Å². The molecule has 4 nitrogen and oxygen atoms in total. The minimum absolute atomic E-state index is 0.0617. The first-order valence-electron chi connectivity index (χ1n) is 8.26. The van der Waals surface area contributed by atoms with Crippen molar-refractivity contribution in [2.45, 2.75) is 33.2 Å². The molecule has 2 aromatic carbocycles. The number of ether oxygens (including phenoxy) is 1. The highest BCUT2D eigenvalue weighted by Crippen LogP contribution is 2.37. The molecule has 124 valence electrons. The van der Waals surface area contributed by atoms with Gasteiger partial charge in [0.05, 0.1) is 18.4 Å². The Balaban J connectivity index is 1.95. The molecule has 1 aliphatic rings. The van der Waals surface area contributed by atoms with Gasteiger partial charge in [0.2, 0.25) is 5.91 Å². The molecule has 0 fully saturated rings. The van der Waals surface area contributed by atoms with Gasteiger partial charge in [-0.05, 0) is 25.5 Å². The minimum atomic E-state index is -0.124. The molecule has 0 saturated heterocycles. The van der Waals surface area contributed by atoms with Crippen LogP contribution in [-0.2, 0) is 4.79 Å². The molecule has 0 bridgehead atoms. The molecule has 0 radical (unpaired) electrons. The van der Waals surface area contributed by atoms with E-state index in [1.165, 1.54) is 5.56 Å². The quantitative estimate of drug-likeness (QED) is 0.851. The van der Waals surface area contributed by atoms with E-state index in [0.29, 0.717) is 13.0 Å². The fourth-order valence-corrected chi connectivity index (χ4v) is 3.01. The van der Waals surface area contributed by atoms with Crippen LogP contribution in [0.25, 0.3) is 0 Å². The molecule has 2 aromatic rings. The van der Waals surface area contributed by atoms with Crippen molar-refractivity contribution in [1.29, 1.82) is 0 Å². The zero-order chi connectivity index (χ0) is 17.1. The molecule has 1 heterocycles. The lowest BCUT2D eigenvalue weighted by Gasteiger charge is -2.22. The Morgan fingerprint density at radius 1 is 1.21 bits per heavy atom. The van der Waals surface area contributed by atoms with Gasteiger partial charge in [0.1, 0.15) is 5.75 Å². The molecular formula is C20H22N2O2. The highest BCUT2D eigenvalue weighted by Gasteiger charge is 2.33. The first kappa shape index (κ1) is 16.2. The molecule has 0 aromatic heterocycles. The van der Waals surface area contributed by atoms with E-state index in [4.69, 9.17) is 4.74 Å². The third-order valence-corrected chi connectivity index (χ3v) is 4.20. The minimum Gasteiger partial charge on any atom is -0.494 e. The highest BCUT2D eigenvalue weighted by molar-refractivity contribution is 6.03. The number of nitrogens with zero attached hydrogens (tertiary/aromatic N) is 2. The standard InChI is InChI=1S/C20H22N2O2/c1-4-24-20-8-6-5-7-17(20)19-13-18(21-22(19)15(3)23)16-11-9-14(2)10-12-16/h5-12,19H,4,13H2,1-3H3/t19-/m0/s1. The summed E-state index contributed by atoms with van der Waals surface area (Å²) in [6, 6.07) is 16.0. The number of carbonyl (C=O) groups is 1. The lowest BCUT2D eigenvalue weighted by molar-refractivity contribution is -0.130. The third kappa shape index (κ3) is 3.18. The molecule has 0 aliphatic carbocycles. The molecular weight excluding hydrogens is 300 g/mol. The van der Waals surface area contributed by atoms with Crippen molar-refractivity contribution >= 4 is 11.6 Å². The number of hydrazone groups is 1. The molecule has 3 rings (SSSR count). The van der Waals surface area contributed by atoms with E-state index in [2.05, 4.69) is 36.3 Å². The second-order valence-corrected chi connectivity index (χ2v) is 5.97. The van der Waals surface area contributed by atoms with Crippen molar-refractivity contribution in [2.75, 3.05) is 6.61 Å². The molecule has 1 atom stereocenters. The van der Waals surface area contributed by atoms with Gasteiger partial charge in [0.25, 0.3) is 0 Å². The average Bonchev–Trinajstić information content (AvgIpc) is 3.02. The lowest BCUT2D eigenvalue weighted by Crippen LogP contribution is -2.24. The molecule has 1 amide bonds. The van der Waals surface area contributed by atoms with Gasteiger partial charge in [-0.25, -0.2) is 5.01 Å². The van der Waals surface area contributed by atoms with Crippen molar-refractivity contribution in [3.8, 4) is 5.75 Å². The molecule has 0 unspecified atom stereocenters. The summed E-state index contributed by atoms with van der Waals surface area (Å²) in [5, 5.41) is 6.17. The van der Waals surface area contributed by atoms with Gasteiger partial charge in [0, 0.05) is 18.9 Å². The first-order valence-corrected chi connectivity index (χ1v) is 8.26. The Hall–Kier alpha value is -2.62. The zero-order valence-corrected chi connectivity index (χ0v) is 14.3. The van der Waals surface area contributed by atoms with E-state index in [9.17, 15) is 4.79 Å². The molecule has 0 spiro atoms. The predicted molar refractivity (Wildman–Crippen MR) is 95.2 cm³/mol. The van der Waals surface area contributed by atoms with Crippen molar-refractivity contribution in [1.82, 2.24) is 5.01 Å². The highest BCUT2D eigenvalue weighted by atomic mass is 16.5. The van der Waals surface area contributed by atoms with Crippen LogP contribution in [-0.4, -0.2) is 23.2 Å². The van der Waals surface area contributed by atoms with E-state index < -0.39 is 0 Å². The van der Waals surface area contributed by atoms with Gasteiger partial charge in [-0.3, -0.25) is 4.79 Å². The average molecular weight is 322 g/mol. The summed E-state index contributed by atoms with van der Waals surface area (Å²) in [6.45, 7) is 6.17. The van der Waals surface area contributed by atoms with Gasteiger partial charge in [-0.15, -0.1) is 0 Å². The Bertz CT molecular complexity index is 765. The fourth-order valence-electron chi connectivity index (χ4n) is 3.01. The lowest BCUT2D eigenvalue weighted by atomic mass is 9.97. The molecule has 4 heteroatoms. The van der Waals surface area contributed by atoms with Crippen molar-refractivity contribution in [2.24, 2.45) is 5.10 Å². The SMILES string of the molecule is CCOc1ccccc1[C@@H]1CC(c2ccc(C)cc2)=NN1C(C)=O. The van der Waals surface area contributed by atoms with Gasteiger partial charge in [0.15, 0.2) is 0 Å². The first-order chi connectivity index (χ1) is 11.6. The maximum atomic E-state index is 12.1. The van der Waals surface area contributed by atoms with Crippen molar-refractivity contribution in [3.63, 3.8) is 0 Å². The zero-order valence-electron chi connectivity index (χ0n) is 14.3. The summed E-state index contributed by atoms with van der Waals surface area (Å²) in [5.41, 5.74) is 4.20. The van der Waals surface area contributed by atoms with Crippen LogP contribution >= 0.6 is 0 Å². The Labute approximate surface area is 142 Å². The van der Waals surface area contributed by atoms with Crippen LogP contribution in [0.5, 0.6) is 5.75 Å². The number of para-hydroxylation sites is 1. The summed E-state index contributed by atoms with van der Waals surface area (Å²) in [4.78, 5) is 12.1. The van der Waals surface area contributed by atoms with Gasteiger partial charge < -0.3 is 4.74 Å².